The summed E-state index contributed by atoms with van der Waals surface area (Å²) in [6.07, 6.45) is 0.323. The fourth-order valence-electron chi connectivity index (χ4n) is 2.91. The van der Waals surface area contributed by atoms with Gasteiger partial charge in [0.15, 0.2) is 0 Å². The van der Waals surface area contributed by atoms with E-state index < -0.39 is 0 Å². The monoisotopic (exact) mass is 307 g/mol. The molecule has 1 aromatic carbocycles. The Morgan fingerprint density at radius 2 is 1.90 bits per heavy atom. The van der Waals surface area contributed by atoms with Crippen molar-refractivity contribution in [3.05, 3.63) is 29.3 Å². The minimum Gasteiger partial charge on any atom is -0.367 e. The van der Waals surface area contributed by atoms with Crippen molar-refractivity contribution in [3.63, 3.8) is 0 Å². The predicted octanol–water partition coefficient (Wildman–Crippen LogP) is 1.12. The standard InChI is InChI=1S/C15H18ClN3O2/c16-12-3-1-2-4-13(12)18-5-7-19(8-6-18)15(21)11-9-14(20)17-10-11/h1-4,11H,5-10H2,(H,17,20)/t11-/m1/s1. The van der Waals surface area contributed by atoms with Gasteiger partial charge in [0.1, 0.15) is 0 Å². The van der Waals surface area contributed by atoms with Gasteiger partial charge in [0.05, 0.1) is 16.6 Å². The van der Waals surface area contributed by atoms with Crippen LogP contribution in [0.2, 0.25) is 5.02 Å². The van der Waals surface area contributed by atoms with Crippen LogP contribution in [-0.2, 0) is 9.59 Å². The molecule has 0 saturated carbocycles. The first kappa shape index (κ1) is 14.2. The molecule has 0 aromatic heterocycles. The summed E-state index contributed by atoms with van der Waals surface area (Å²) in [6.45, 7) is 3.36. The molecule has 112 valence electrons. The summed E-state index contributed by atoms with van der Waals surface area (Å²) in [6, 6.07) is 7.76. The molecule has 2 saturated heterocycles. The molecule has 1 atom stereocenters. The Kier molecular flexibility index (Phi) is 4.01. The maximum Gasteiger partial charge on any atom is 0.228 e. The number of halogens is 1. The Hall–Kier alpha value is -1.75. The number of carbonyl (C=O) groups excluding carboxylic acids is 2. The minimum atomic E-state index is -0.190. The van der Waals surface area contributed by atoms with Crippen molar-refractivity contribution in [1.29, 1.82) is 0 Å². The van der Waals surface area contributed by atoms with E-state index in [-0.39, 0.29) is 17.7 Å². The fourth-order valence-corrected chi connectivity index (χ4v) is 3.17. The van der Waals surface area contributed by atoms with Crippen LogP contribution in [0.4, 0.5) is 5.69 Å². The van der Waals surface area contributed by atoms with Gasteiger partial charge in [-0.3, -0.25) is 9.59 Å². The Morgan fingerprint density at radius 1 is 1.19 bits per heavy atom. The molecule has 5 nitrogen and oxygen atoms in total. The second-order valence-corrected chi connectivity index (χ2v) is 5.88. The molecular formula is C15H18ClN3O2. The van der Waals surface area contributed by atoms with Crippen LogP contribution in [0.5, 0.6) is 0 Å². The van der Waals surface area contributed by atoms with Crippen LogP contribution < -0.4 is 10.2 Å². The molecule has 2 aliphatic heterocycles. The highest BCUT2D eigenvalue weighted by atomic mass is 35.5. The van der Waals surface area contributed by atoms with E-state index in [1.165, 1.54) is 0 Å². The van der Waals surface area contributed by atoms with Gasteiger partial charge < -0.3 is 15.1 Å². The van der Waals surface area contributed by atoms with Crippen LogP contribution in [0.25, 0.3) is 0 Å². The van der Waals surface area contributed by atoms with Gasteiger partial charge in [-0.25, -0.2) is 0 Å². The van der Waals surface area contributed by atoms with Crippen molar-refractivity contribution in [2.24, 2.45) is 5.92 Å². The van der Waals surface area contributed by atoms with Gasteiger partial charge in [0.25, 0.3) is 0 Å². The maximum atomic E-state index is 12.3. The predicted molar refractivity (Wildman–Crippen MR) is 81.4 cm³/mol. The molecule has 2 heterocycles. The number of nitrogens with zero attached hydrogens (tertiary/aromatic N) is 2. The normalized spacial score (nSPS) is 22.3. The zero-order chi connectivity index (χ0) is 14.8. The SMILES string of the molecule is O=C1C[C@@H](C(=O)N2CCN(c3ccccc3Cl)CC2)CN1. The maximum absolute atomic E-state index is 12.3. The highest BCUT2D eigenvalue weighted by molar-refractivity contribution is 6.33. The quantitative estimate of drug-likeness (QED) is 0.891. The van der Waals surface area contributed by atoms with Crippen molar-refractivity contribution in [1.82, 2.24) is 10.2 Å². The summed E-state index contributed by atoms with van der Waals surface area (Å²) in [5.41, 5.74) is 1.02. The number of rotatable bonds is 2. The molecule has 0 bridgehead atoms. The van der Waals surface area contributed by atoms with E-state index in [4.69, 9.17) is 11.6 Å². The molecule has 1 aromatic rings. The van der Waals surface area contributed by atoms with Crippen molar-refractivity contribution in [2.45, 2.75) is 6.42 Å². The van der Waals surface area contributed by atoms with Crippen molar-refractivity contribution in [2.75, 3.05) is 37.6 Å². The number of anilines is 1. The molecule has 2 amide bonds. The molecular weight excluding hydrogens is 290 g/mol. The summed E-state index contributed by atoms with van der Waals surface area (Å²) in [4.78, 5) is 27.6. The number of nitrogens with one attached hydrogen (secondary N) is 1. The van der Waals surface area contributed by atoms with Crippen molar-refractivity contribution in [3.8, 4) is 0 Å². The van der Waals surface area contributed by atoms with Crippen LogP contribution in [0.3, 0.4) is 0 Å². The minimum absolute atomic E-state index is 0.0250. The second-order valence-electron chi connectivity index (χ2n) is 5.47. The summed E-state index contributed by atoms with van der Waals surface area (Å²) in [5, 5.41) is 3.46. The van der Waals surface area contributed by atoms with Gasteiger partial charge in [-0.15, -0.1) is 0 Å². The highest BCUT2D eigenvalue weighted by Gasteiger charge is 2.32. The Bertz CT molecular complexity index is 556. The number of para-hydroxylation sites is 1. The van der Waals surface area contributed by atoms with Gasteiger partial charge in [-0.2, -0.15) is 0 Å². The number of amides is 2. The molecule has 6 heteroatoms. The lowest BCUT2D eigenvalue weighted by molar-refractivity contribution is -0.136. The number of hydrogen-bond acceptors (Lipinski definition) is 3. The largest absolute Gasteiger partial charge is 0.367 e. The van der Waals surface area contributed by atoms with E-state index in [2.05, 4.69) is 10.2 Å². The molecule has 21 heavy (non-hydrogen) atoms. The van der Waals surface area contributed by atoms with E-state index in [9.17, 15) is 9.59 Å². The lowest BCUT2D eigenvalue weighted by Gasteiger charge is -2.37. The van der Waals surface area contributed by atoms with Crippen LogP contribution in [0.15, 0.2) is 24.3 Å². The third-order valence-electron chi connectivity index (χ3n) is 4.11. The molecule has 0 spiro atoms. The summed E-state index contributed by atoms with van der Waals surface area (Å²) < 4.78 is 0. The Morgan fingerprint density at radius 3 is 2.52 bits per heavy atom. The van der Waals surface area contributed by atoms with Crippen molar-refractivity contribution < 1.29 is 9.59 Å². The Balaban J connectivity index is 1.59. The summed E-state index contributed by atoms with van der Waals surface area (Å²) >= 11 is 6.21. The van der Waals surface area contributed by atoms with E-state index in [0.29, 0.717) is 26.1 Å². The van der Waals surface area contributed by atoms with Crippen LogP contribution in [-0.4, -0.2) is 49.4 Å². The fraction of sp³-hybridized carbons (Fsp3) is 0.467. The molecule has 3 rings (SSSR count). The average molecular weight is 308 g/mol. The van der Waals surface area contributed by atoms with Gasteiger partial charge in [0, 0.05) is 39.1 Å². The molecule has 2 fully saturated rings. The summed E-state index contributed by atoms with van der Waals surface area (Å²) in [7, 11) is 0. The molecule has 0 radical (unpaired) electrons. The van der Waals surface area contributed by atoms with Crippen LogP contribution >= 0.6 is 11.6 Å². The van der Waals surface area contributed by atoms with Gasteiger partial charge in [-0.05, 0) is 12.1 Å². The highest BCUT2D eigenvalue weighted by Crippen LogP contribution is 2.26. The van der Waals surface area contributed by atoms with Crippen molar-refractivity contribution >= 4 is 29.1 Å². The van der Waals surface area contributed by atoms with Gasteiger partial charge in [0.2, 0.25) is 11.8 Å². The lowest BCUT2D eigenvalue weighted by Crippen LogP contribution is -2.50. The van der Waals surface area contributed by atoms with E-state index in [1.54, 1.807) is 0 Å². The zero-order valence-electron chi connectivity index (χ0n) is 11.7. The topological polar surface area (TPSA) is 52.7 Å². The number of hydrogen-bond donors (Lipinski definition) is 1. The Labute approximate surface area is 128 Å². The first-order chi connectivity index (χ1) is 10.1. The zero-order valence-corrected chi connectivity index (χ0v) is 12.5. The van der Waals surface area contributed by atoms with E-state index in [1.807, 2.05) is 29.2 Å². The third kappa shape index (κ3) is 2.97. The first-order valence-electron chi connectivity index (χ1n) is 7.20. The number of piperazine rings is 1. The lowest BCUT2D eigenvalue weighted by atomic mass is 10.1. The third-order valence-corrected chi connectivity index (χ3v) is 4.43. The molecule has 0 aliphatic carbocycles. The smallest absolute Gasteiger partial charge is 0.228 e. The molecule has 1 N–H and O–H groups in total. The summed E-state index contributed by atoms with van der Waals surface area (Å²) in [5.74, 6) is -0.125. The number of carbonyl (C=O) groups is 2. The first-order valence-corrected chi connectivity index (χ1v) is 7.58. The average Bonchev–Trinajstić information content (AvgIpc) is 2.94. The molecule has 0 unspecified atom stereocenters. The van der Waals surface area contributed by atoms with Crippen LogP contribution in [0, 0.1) is 5.92 Å². The van der Waals surface area contributed by atoms with Gasteiger partial charge in [-0.1, -0.05) is 23.7 Å². The van der Waals surface area contributed by atoms with Gasteiger partial charge >= 0.3 is 0 Å². The number of benzene rings is 1. The van der Waals surface area contributed by atoms with E-state index in [0.717, 1.165) is 23.8 Å². The molecule has 2 aliphatic rings. The second kappa shape index (κ2) is 5.93. The van der Waals surface area contributed by atoms with Crippen LogP contribution in [0.1, 0.15) is 6.42 Å². The van der Waals surface area contributed by atoms with E-state index >= 15 is 0 Å².